The monoisotopic (exact) mass is 283 g/mol. The lowest BCUT2D eigenvalue weighted by Gasteiger charge is -2.28. The Morgan fingerprint density at radius 1 is 1.47 bits per heavy atom. The van der Waals surface area contributed by atoms with E-state index < -0.39 is 11.7 Å². The first-order chi connectivity index (χ1) is 8.85. The highest BCUT2D eigenvalue weighted by Crippen LogP contribution is 2.27. The first-order valence-electron chi connectivity index (χ1n) is 6.21. The summed E-state index contributed by atoms with van der Waals surface area (Å²) in [6.07, 6.45) is -0.450. The maximum atomic E-state index is 11.8. The largest absolute Gasteiger partial charge is 0.444 e. The molecule has 0 aliphatic carbocycles. The Kier molecular flexibility index (Phi) is 4.02. The highest BCUT2D eigenvalue weighted by molar-refractivity contribution is 6.30. The van der Waals surface area contributed by atoms with E-state index in [4.69, 9.17) is 21.1 Å². The number of alkyl carbamates (subject to hydrolysis) is 1. The summed E-state index contributed by atoms with van der Waals surface area (Å²) in [5.74, 6) is 0. The Morgan fingerprint density at radius 3 is 2.89 bits per heavy atom. The third-order valence-electron chi connectivity index (χ3n) is 2.72. The standard InChI is InChI=1S/C14H18ClNO3/c1-14(2,3)19-13(17)16-12-8-18-7-9-4-5-10(15)6-11(9)12/h4-6,12H,7-8H2,1-3H3,(H,16,17). The van der Waals surface area contributed by atoms with E-state index in [0.717, 1.165) is 11.1 Å². The van der Waals surface area contributed by atoms with Crippen molar-refractivity contribution < 1.29 is 14.3 Å². The van der Waals surface area contributed by atoms with Crippen molar-refractivity contribution in [3.05, 3.63) is 34.3 Å². The lowest BCUT2D eigenvalue weighted by Crippen LogP contribution is -2.38. The summed E-state index contributed by atoms with van der Waals surface area (Å²) < 4.78 is 10.7. The van der Waals surface area contributed by atoms with Gasteiger partial charge in [0.15, 0.2) is 0 Å². The number of benzene rings is 1. The predicted molar refractivity (Wildman–Crippen MR) is 73.2 cm³/mol. The molecule has 1 aromatic carbocycles. The number of carbonyl (C=O) groups is 1. The van der Waals surface area contributed by atoms with Gasteiger partial charge in [-0.3, -0.25) is 0 Å². The third-order valence-corrected chi connectivity index (χ3v) is 2.95. The first kappa shape index (κ1) is 14.2. The third kappa shape index (κ3) is 3.85. The molecule has 1 amide bonds. The van der Waals surface area contributed by atoms with E-state index in [1.54, 1.807) is 0 Å². The van der Waals surface area contributed by atoms with Crippen LogP contribution in [-0.2, 0) is 16.1 Å². The number of hydrogen-bond acceptors (Lipinski definition) is 3. The van der Waals surface area contributed by atoms with Gasteiger partial charge < -0.3 is 14.8 Å². The van der Waals surface area contributed by atoms with Gasteiger partial charge in [-0.25, -0.2) is 4.79 Å². The lowest BCUT2D eigenvalue weighted by molar-refractivity contribution is 0.0390. The molecule has 1 N–H and O–H groups in total. The van der Waals surface area contributed by atoms with Crippen molar-refractivity contribution in [3.63, 3.8) is 0 Å². The van der Waals surface area contributed by atoms with Gasteiger partial charge in [0.2, 0.25) is 0 Å². The summed E-state index contributed by atoms with van der Waals surface area (Å²) in [7, 11) is 0. The number of hydrogen-bond donors (Lipinski definition) is 1. The van der Waals surface area contributed by atoms with Crippen LogP contribution < -0.4 is 5.32 Å². The molecule has 0 saturated heterocycles. The van der Waals surface area contributed by atoms with Crippen LogP contribution in [0.2, 0.25) is 5.02 Å². The quantitative estimate of drug-likeness (QED) is 0.859. The Balaban J connectivity index is 2.11. The van der Waals surface area contributed by atoms with Crippen LogP contribution >= 0.6 is 11.6 Å². The molecule has 1 aliphatic rings. The van der Waals surface area contributed by atoms with Gasteiger partial charge in [0, 0.05) is 5.02 Å². The van der Waals surface area contributed by atoms with Gasteiger partial charge in [-0.05, 0) is 44.0 Å². The zero-order valence-corrected chi connectivity index (χ0v) is 12.1. The van der Waals surface area contributed by atoms with E-state index in [1.165, 1.54) is 0 Å². The van der Waals surface area contributed by atoms with Crippen molar-refractivity contribution in [3.8, 4) is 0 Å². The minimum absolute atomic E-state index is 0.225. The van der Waals surface area contributed by atoms with Gasteiger partial charge in [-0.15, -0.1) is 0 Å². The zero-order valence-electron chi connectivity index (χ0n) is 11.3. The van der Waals surface area contributed by atoms with Crippen molar-refractivity contribution in [2.24, 2.45) is 0 Å². The molecule has 4 nitrogen and oxygen atoms in total. The fraction of sp³-hybridized carbons (Fsp3) is 0.500. The van der Waals surface area contributed by atoms with Gasteiger partial charge in [-0.2, -0.15) is 0 Å². The van der Waals surface area contributed by atoms with E-state index in [0.29, 0.717) is 18.2 Å². The molecule has 104 valence electrons. The molecule has 0 spiro atoms. The van der Waals surface area contributed by atoms with Gasteiger partial charge in [0.05, 0.1) is 19.3 Å². The zero-order chi connectivity index (χ0) is 14.0. The molecule has 0 bridgehead atoms. The summed E-state index contributed by atoms with van der Waals surface area (Å²) in [6, 6.07) is 5.37. The summed E-state index contributed by atoms with van der Waals surface area (Å²) in [5, 5.41) is 3.46. The van der Waals surface area contributed by atoms with Crippen LogP contribution in [0, 0.1) is 0 Å². The fourth-order valence-electron chi connectivity index (χ4n) is 1.97. The van der Waals surface area contributed by atoms with E-state index in [1.807, 2.05) is 39.0 Å². The van der Waals surface area contributed by atoms with Crippen LogP contribution in [0.4, 0.5) is 4.79 Å². The van der Waals surface area contributed by atoms with E-state index in [-0.39, 0.29) is 6.04 Å². The number of fused-ring (bicyclic) bond motifs is 1. The van der Waals surface area contributed by atoms with Crippen molar-refractivity contribution in [1.82, 2.24) is 5.32 Å². The predicted octanol–water partition coefficient (Wildman–Crippen LogP) is 3.44. The highest BCUT2D eigenvalue weighted by atomic mass is 35.5. The second-order valence-electron chi connectivity index (χ2n) is 5.56. The molecular weight excluding hydrogens is 266 g/mol. The maximum Gasteiger partial charge on any atom is 0.408 e. The number of carbonyl (C=O) groups excluding carboxylic acids is 1. The lowest BCUT2D eigenvalue weighted by atomic mass is 9.99. The summed E-state index contributed by atoms with van der Waals surface area (Å²) in [6.45, 7) is 6.45. The molecule has 1 heterocycles. The van der Waals surface area contributed by atoms with Gasteiger partial charge >= 0.3 is 6.09 Å². The number of halogens is 1. The summed E-state index contributed by atoms with van der Waals surface area (Å²) in [4.78, 5) is 11.8. The van der Waals surface area contributed by atoms with Gasteiger partial charge in [-0.1, -0.05) is 17.7 Å². The van der Waals surface area contributed by atoms with Gasteiger partial charge in [0.1, 0.15) is 5.60 Å². The van der Waals surface area contributed by atoms with Crippen LogP contribution in [0.25, 0.3) is 0 Å². The molecule has 0 fully saturated rings. The number of ether oxygens (including phenoxy) is 2. The van der Waals surface area contributed by atoms with Crippen molar-refractivity contribution >= 4 is 17.7 Å². The molecule has 0 aromatic heterocycles. The fourth-order valence-corrected chi connectivity index (χ4v) is 2.15. The average Bonchev–Trinajstić information content (AvgIpc) is 2.27. The summed E-state index contributed by atoms with van der Waals surface area (Å²) >= 11 is 6.00. The van der Waals surface area contributed by atoms with Crippen LogP contribution in [0.5, 0.6) is 0 Å². The second kappa shape index (κ2) is 5.39. The molecule has 1 atom stereocenters. The molecule has 0 radical (unpaired) electrons. The van der Waals surface area contributed by atoms with Crippen LogP contribution in [0.3, 0.4) is 0 Å². The molecular formula is C14H18ClNO3. The second-order valence-corrected chi connectivity index (χ2v) is 5.99. The van der Waals surface area contributed by atoms with Crippen LogP contribution in [0.1, 0.15) is 37.9 Å². The SMILES string of the molecule is CC(C)(C)OC(=O)NC1COCc2ccc(Cl)cc21. The Bertz CT molecular complexity index is 482. The Hall–Kier alpha value is -1.26. The molecule has 1 aliphatic heterocycles. The van der Waals surface area contributed by atoms with E-state index in [2.05, 4.69) is 5.32 Å². The smallest absolute Gasteiger partial charge is 0.408 e. The average molecular weight is 284 g/mol. The minimum atomic E-state index is -0.517. The van der Waals surface area contributed by atoms with Crippen molar-refractivity contribution in [2.75, 3.05) is 6.61 Å². The number of rotatable bonds is 1. The van der Waals surface area contributed by atoms with Crippen molar-refractivity contribution in [2.45, 2.75) is 39.0 Å². The topological polar surface area (TPSA) is 47.6 Å². The van der Waals surface area contributed by atoms with Crippen molar-refractivity contribution in [1.29, 1.82) is 0 Å². The Labute approximate surface area is 118 Å². The summed E-state index contributed by atoms with van der Waals surface area (Å²) in [5.41, 5.74) is 1.51. The molecule has 0 saturated carbocycles. The molecule has 1 unspecified atom stereocenters. The normalized spacial score (nSPS) is 18.6. The first-order valence-corrected chi connectivity index (χ1v) is 6.58. The van der Waals surface area contributed by atoms with E-state index in [9.17, 15) is 4.79 Å². The maximum absolute atomic E-state index is 11.8. The Morgan fingerprint density at radius 2 is 2.21 bits per heavy atom. The van der Waals surface area contributed by atoms with E-state index >= 15 is 0 Å². The van der Waals surface area contributed by atoms with Crippen LogP contribution in [0.15, 0.2) is 18.2 Å². The van der Waals surface area contributed by atoms with Gasteiger partial charge in [0.25, 0.3) is 0 Å². The molecule has 19 heavy (non-hydrogen) atoms. The minimum Gasteiger partial charge on any atom is -0.444 e. The molecule has 1 aromatic rings. The highest BCUT2D eigenvalue weighted by Gasteiger charge is 2.25. The molecule has 5 heteroatoms. The number of amides is 1. The number of nitrogens with one attached hydrogen (secondary N) is 1. The molecule has 2 rings (SSSR count). The van der Waals surface area contributed by atoms with Crippen LogP contribution in [-0.4, -0.2) is 18.3 Å².